The van der Waals surface area contributed by atoms with Gasteiger partial charge in [0, 0.05) is 23.0 Å². The van der Waals surface area contributed by atoms with Gasteiger partial charge in [0.25, 0.3) is 0 Å². The molecule has 4 rings (SSSR count). The van der Waals surface area contributed by atoms with Crippen molar-refractivity contribution in [3.8, 4) is 11.5 Å². The Balaban J connectivity index is 1.48. The molecule has 1 amide bonds. The average molecular weight is 408 g/mol. The molecule has 6 heteroatoms. The van der Waals surface area contributed by atoms with Gasteiger partial charge < -0.3 is 24.5 Å². The Morgan fingerprint density at radius 1 is 1.23 bits per heavy atom. The second-order valence-corrected chi connectivity index (χ2v) is 7.61. The lowest BCUT2D eigenvalue weighted by Crippen LogP contribution is -2.46. The zero-order valence-electron chi connectivity index (χ0n) is 17.5. The number of hydrogen-bond donors (Lipinski definition) is 2. The standard InChI is InChI=1S/C24H28N2O4/c1-3-30-22-10-8-16(12-23(22)29-2)9-11-24(28)26-14-21-19(13-17(26)15-27)18-6-4-5-7-20(18)25-21/h4-8,10,12,17,25,27H,3,9,11,13-15H2,1-2H3. The molecule has 0 aliphatic carbocycles. The fraction of sp³-hybridized carbons (Fsp3) is 0.375. The highest BCUT2D eigenvalue weighted by Gasteiger charge is 2.31. The zero-order chi connectivity index (χ0) is 21.1. The van der Waals surface area contributed by atoms with Gasteiger partial charge in [-0.2, -0.15) is 0 Å². The summed E-state index contributed by atoms with van der Waals surface area (Å²) in [5, 5.41) is 11.1. The highest BCUT2D eigenvalue weighted by molar-refractivity contribution is 5.86. The lowest BCUT2D eigenvalue weighted by Gasteiger charge is -2.35. The Bertz CT molecular complexity index is 1040. The Morgan fingerprint density at radius 3 is 2.83 bits per heavy atom. The highest BCUT2D eigenvalue weighted by atomic mass is 16.5. The first-order chi connectivity index (χ1) is 14.6. The largest absolute Gasteiger partial charge is 0.493 e. The van der Waals surface area contributed by atoms with E-state index >= 15 is 0 Å². The van der Waals surface area contributed by atoms with Crippen molar-refractivity contribution < 1.29 is 19.4 Å². The van der Waals surface area contributed by atoms with E-state index in [0.29, 0.717) is 43.9 Å². The Hall–Kier alpha value is -2.99. The van der Waals surface area contributed by atoms with Crippen LogP contribution in [0.5, 0.6) is 11.5 Å². The molecular weight excluding hydrogens is 380 g/mol. The third-order valence-electron chi connectivity index (χ3n) is 5.80. The van der Waals surface area contributed by atoms with Crippen LogP contribution in [0, 0.1) is 0 Å². The van der Waals surface area contributed by atoms with Gasteiger partial charge in [-0.3, -0.25) is 4.79 Å². The summed E-state index contributed by atoms with van der Waals surface area (Å²) < 4.78 is 11.0. The van der Waals surface area contributed by atoms with Crippen LogP contribution in [0.25, 0.3) is 10.9 Å². The number of carbonyl (C=O) groups excluding carboxylic acids is 1. The molecule has 0 saturated carbocycles. The van der Waals surface area contributed by atoms with Gasteiger partial charge in [0.05, 0.1) is 32.9 Å². The lowest BCUT2D eigenvalue weighted by atomic mass is 9.96. The van der Waals surface area contributed by atoms with E-state index < -0.39 is 0 Å². The van der Waals surface area contributed by atoms with E-state index in [9.17, 15) is 9.90 Å². The van der Waals surface area contributed by atoms with Crippen LogP contribution in [-0.4, -0.2) is 47.3 Å². The number of carbonyl (C=O) groups is 1. The molecule has 3 aromatic rings. The second-order valence-electron chi connectivity index (χ2n) is 7.61. The van der Waals surface area contributed by atoms with Crippen molar-refractivity contribution in [2.24, 2.45) is 0 Å². The topological polar surface area (TPSA) is 74.8 Å². The van der Waals surface area contributed by atoms with Crippen molar-refractivity contribution in [2.75, 3.05) is 20.3 Å². The maximum atomic E-state index is 13.0. The molecule has 2 heterocycles. The summed E-state index contributed by atoms with van der Waals surface area (Å²) in [7, 11) is 1.62. The number of hydrogen-bond acceptors (Lipinski definition) is 4. The molecule has 0 radical (unpaired) electrons. The van der Waals surface area contributed by atoms with Gasteiger partial charge in [-0.25, -0.2) is 0 Å². The summed E-state index contributed by atoms with van der Waals surface area (Å²) in [5.74, 6) is 1.43. The molecule has 1 aliphatic heterocycles. The molecule has 0 bridgehead atoms. The van der Waals surface area contributed by atoms with E-state index in [2.05, 4.69) is 11.1 Å². The van der Waals surface area contributed by atoms with E-state index in [1.54, 1.807) is 7.11 Å². The number of aromatic nitrogens is 1. The number of nitrogens with one attached hydrogen (secondary N) is 1. The number of amides is 1. The average Bonchev–Trinajstić information content (AvgIpc) is 3.15. The number of aliphatic hydroxyl groups is 1. The molecule has 2 N–H and O–H groups in total. The number of ether oxygens (including phenoxy) is 2. The predicted octanol–water partition coefficient (Wildman–Crippen LogP) is 3.45. The lowest BCUT2D eigenvalue weighted by molar-refractivity contribution is -0.135. The molecule has 6 nitrogen and oxygen atoms in total. The summed E-state index contributed by atoms with van der Waals surface area (Å²) in [6.45, 7) is 2.96. The number of para-hydroxylation sites is 1. The van der Waals surface area contributed by atoms with E-state index in [1.807, 2.05) is 48.2 Å². The number of rotatable bonds is 7. The first-order valence-electron chi connectivity index (χ1n) is 10.4. The van der Waals surface area contributed by atoms with E-state index in [0.717, 1.165) is 16.8 Å². The van der Waals surface area contributed by atoms with E-state index in [-0.39, 0.29) is 18.6 Å². The third kappa shape index (κ3) is 3.87. The molecule has 0 saturated heterocycles. The summed E-state index contributed by atoms with van der Waals surface area (Å²) in [4.78, 5) is 18.3. The molecule has 1 aromatic heterocycles. The van der Waals surface area contributed by atoms with Gasteiger partial charge in [0.2, 0.25) is 5.91 Å². The Labute approximate surface area is 176 Å². The quantitative estimate of drug-likeness (QED) is 0.628. The number of aryl methyl sites for hydroxylation is 1. The number of aromatic amines is 1. The molecular formula is C24H28N2O4. The van der Waals surface area contributed by atoms with Crippen molar-refractivity contribution in [3.63, 3.8) is 0 Å². The molecule has 158 valence electrons. The smallest absolute Gasteiger partial charge is 0.223 e. The van der Waals surface area contributed by atoms with E-state index in [1.165, 1.54) is 10.9 Å². The van der Waals surface area contributed by atoms with Gasteiger partial charge in [0.1, 0.15) is 0 Å². The van der Waals surface area contributed by atoms with Crippen molar-refractivity contribution in [2.45, 2.75) is 38.8 Å². The Kier molecular flexibility index (Phi) is 5.95. The van der Waals surface area contributed by atoms with Crippen LogP contribution in [0.1, 0.15) is 30.2 Å². The zero-order valence-corrected chi connectivity index (χ0v) is 17.5. The van der Waals surface area contributed by atoms with Crippen LogP contribution in [0.2, 0.25) is 0 Å². The predicted molar refractivity (Wildman–Crippen MR) is 116 cm³/mol. The van der Waals surface area contributed by atoms with Crippen LogP contribution in [0.4, 0.5) is 0 Å². The maximum absolute atomic E-state index is 13.0. The monoisotopic (exact) mass is 408 g/mol. The molecule has 1 atom stereocenters. The Morgan fingerprint density at radius 2 is 2.07 bits per heavy atom. The van der Waals surface area contributed by atoms with Crippen LogP contribution >= 0.6 is 0 Å². The van der Waals surface area contributed by atoms with Gasteiger partial charge in [0.15, 0.2) is 11.5 Å². The van der Waals surface area contributed by atoms with Gasteiger partial charge in [-0.05, 0) is 49.1 Å². The fourth-order valence-corrected chi connectivity index (χ4v) is 4.26. The van der Waals surface area contributed by atoms with Gasteiger partial charge >= 0.3 is 0 Å². The minimum absolute atomic E-state index is 0.0401. The van der Waals surface area contributed by atoms with Crippen molar-refractivity contribution in [1.29, 1.82) is 0 Å². The van der Waals surface area contributed by atoms with Gasteiger partial charge in [-0.1, -0.05) is 24.3 Å². The number of aliphatic hydroxyl groups excluding tert-OH is 1. The van der Waals surface area contributed by atoms with Crippen LogP contribution in [-0.2, 0) is 24.2 Å². The van der Waals surface area contributed by atoms with Crippen LogP contribution in [0.15, 0.2) is 42.5 Å². The first-order valence-corrected chi connectivity index (χ1v) is 10.4. The minimum Gasteiger partial charge on any atom is -0.493 e. The number of fused-ring (bicyclic) bond motifs is 3. The summed E-state index contributed by atoms with van der Waals surface area (Å²) in [5.41, 5.74) is 4.38. The summed E-state index contributed by atoms with van der Waals surface area (Å²) in [6, 6.07) is 13.7. The number of benzene rings is 2. The SMILES string of the molecule is CCOc1ccc(CCC(=O)N2Cc3[nH]c4ccccc4c3CC2CO)cc1OC. The van der Waals surface area contributed by atoms with Gasteiger partial charge in [-0.15, -0.1) is 0 Å². The number of H-pyrrole nitrogens is 1. The maximum Gasteiger partial charge on any atom is 0.223 e. The third-order valence-corrected chi connectivity index (χ3v) is 5.80. The molecule has 1 aliphatic rings. The van der Waals surface area contributed by atoms with Crippen LogP contribution < -0.4 is 9.47 Å². The number of nitrogens with zero attached hydrogens (tertiary/aromatic N) is 1. The molecule has 0 fully saturated rings. The molecule has 30 heavy (non-hydrogen) atoms. The van der Waals surface area contributed by atoms with Crippen molar-refractivity contribution in [1.82, 2.24) is 9.88 Å². The second kappa shape index (κ2) is 8.79. The molecule has 0 spiro atoms. The molecule has 2 aromatic carbocycles. The highest BCUT2D eigenvalue weighted by Crippen LogP contribution is 2.31. The van der Waals surface area contributed by atoms with E-state index in [4.69, 9.17) is 9.47 Å². The van der Waals surface area contributed by atoms with Crippen molar-refractivity contribution in [3.05, 3.63) is 59.3 Å². The normalized spacial score (nSPS) is 15.8. The summed E-state index contributed by atoms with van der Waals surface area (Å²) >= 11 is 0. The first kappa shape index (κ1) is 20.3. The summed E-state index contributed by atoms with van der Waals surface area (Å²) in [6.07, 6.45) is 1.65. The fourth-order valence-electron chi connectivity index (χ4n) is 4.26. The van der Waals surface area contributed by atoms with Crippen molar-refractivity contribution >= 4 is 16.8 Å². The molecule has 1 unspecified atom stereocenters. The van der Waals surface area contributed by atoms with Crippen LogP contribution in [0.3, 0.4) is 0 Å². The number of methoxy groups -OCH3 is 1. The minimum atomic E-state index is -0.195.